The number of ether oxygens (including phenoxy) is 1. The molecule has 4 heteroatoms. The molecule has 1 atom stereocenters. The Hall–Kier alpha value is -0.220. The number of nitrogens with one attached hydrogen (secondary N) is 1. The Kier molecular flexibility index (Phi) is 5.65. The molecule has 0 aromatic rings. The molecule has 2 rings (SSSR count). The van der Waals surface area contributed by atoms with Crippen LogP contribution >= 0.6 is 11.8 Å². The number of thioether (sulfide) groups is 1. The SMILES string of the molecule is CCCC1CN=C(NCCOC2CCCC2)S1. The van der Waals surface area contributed by atoms with E-state index in [9.17, 15) is 0 Å². The minimum atomic E-state index is 0.530. The van der Waals surface area contributed by atoms with Gasteiger partial charge in [-0.15, -0.1) is 0 Å². The van der Waals surface area contributed by atoms with Crippen molar-refractivity contribution in [3.63, 3.8) is 0 Å². The van der Waals surface area contributed by atoms with Gasteiger partial charge >= 0.3 is 0 Å². The van der Waals surface area contributed by atoms with E-state index < -0.39 is 0 Å². The zero-order chi connectivity index (χ0) is 11.9. The summed E-state index contributed by atoms with van der Waals surface area (Å²) >= 11 is 1.90. The first kappa shape index (κ1) is 13.2. The summed E-state index contributed by atoms with van der Waals surface area (Å²) in [5.41, 5.74) is 0. The van der Waals surface area contributed by atoms with Gasteiger partial charge in [-0.3, -0.25) is 4.99 Å². The Balaban J connectivity index is 1.51. The van der Waals surface area contributed by atoms with Crippen LogP contribution in [0.1, 0.15) is 45.4 Å². The van der Waals surface area contributed by atoms with Gasteiger partial charge in [0.1, 0.15) is 0 Å². The molecule has 1 fully saturated rings. The number of rotatable bonds is 6. The van der Waals surface area contributed by atoms with Crippen molar-refractivity contribution in [2.24, 2.45) is 4.99 Å². The van der Waals surface area contributed by atoms with Crippen LogP contribution < -0.4 is 5.32 Å². The lowest BCUT2D eigenvalue weighted by molar-refractivity contribution is 0.0624. The molecule has 1 aliphatic heterocycles. The molecule has 3 nitrogen and oxygen atoms in total. The summed E-state index contributed by atoms with van der Waals surface area (Å²) in [5.74, 6) is 0. The fraction of sp³-hybridized carbons (Fsp3) is 0.923. The molecule has 0 amide bonds. The summed E-state index contributed by atoms with van der Waals surface area (Å²) in [6.45, 7) is 4.95. The normalized spacial score (nSPS) is 25.2. The van der Waals surface area contributed by atoms with Crippen molar-refractivity contribution in [2.75, 3.05) is 19.7 Å². The number of aliphatic imine (C=N–C) groups is 1. The van der Waals surface area contributed by atoms with E-state index in [1.807, 2.05) is 11.8 Å². The van der Waals surface area contributed by atoms with Crippen molar-refractivity contribution in [1.29, 1.82) is 0 Å². The molecule has 1 saturated carbocycles. The van der Waals surface area contributed by atoms with Gasteiger partial charge in [-0.25, -0.2) is 0 Å². The number of hydrogen-bond donors (Lipinski definition) is 1. The van der Waals surface area contributed by atoms with Crippen LogP contribution in [-0.2, 0) is 4.74 Å². The first-order valence-electron chi connectivity index (χ1n) is 6.95. The molecule has 1 N–H and O–H groups in total. The van der Waals surface area contributed by atoms with E-state index in [-0.39, 0.29) is 0 Å². The Morgan fingerprint density at radius 1 is 1.41 bits per heavy atom. The van der Waals surface area contributed by atoms with Crippen molar-refractivity contribution in [3.05, 3.63) is 0 Å². The summed E-state index contributed by atoms with van der Waals surface area (Å²) < 4.78 is 5.81. The van der Waals surface area contributed by atoms with Crippen molar-refractivity contribution < 1.29 is 4.74 Å². The lowest BCUT2D eigenvalue weighted by Gasteiger charge is -2.12. The van der Waals surface area contributed by atoms with Crippen molar-refractivity contribution in [1.82, 2.24) is 5.32 Å². The second-order valence-corrected chi connectivity index (χ2v) is 6.17. The zero-order valence-electron chi connectivity index (χ0n) is 10.8. The molecule has 2 aliphatic rings. The Morgan fingerprint density at radius 2 is 2.24 bits per heavy atom. The molecule has 17 heavy (non-hydrogen) atoms. The van der Waals surface area contributed by atoms with Crippen LogP contribution in [0.4, 0.5) is 0 Å². The maximum atomic E-state index is 5.81. The highest BCUT2D eigenvalue weighted by atomic mass is 32.2. The van der Waals surface area contributed by atoms with E-state index in [0.29, 0.717) is 11.4 Å². The molecular formula is C13H24N2OS. The average molecular weight is 256 g/mol. The van der Waals surface area contributed by atoms with E-state index in [4.69, 9.17) is 4.74 Å². The molecule has 0 saturated heterocycles. The lowest BCUT2D eigenvalue weighted by atomic mass is 10.2. The third-order valence-corrected chi connectivity index (χ3v) is 4.58. The summed E-state index contributed by atoms with van der Waals surface area (Å²) in [5, 5.41) is 5.21. The highest BCUT2D eigenvalue weighted by molar-refractivity contribution is 8.14. The molecule has 0 aromatic heterocycles. The van der Waals surface area contributed by atoms with E-state index in [1.165, 1.54) is 38.5 Å². The van der Waals surface area contributed by atoms with Crippen LogP contribution in [-0.4, -0.2) is 36.2 Å². The summed E-state index contributed by atoms with van der Waals surface area (Å²) in [6, 6.07) is 0. The topological polar surface area (TPSA) is 33.6 Å². The second-order valence-electron chi connectivity index (χ2n) is 4.88. The van der Waals surface area contributed by atoms with Gasteiger partial charge in [-0.2, -0.15) is 0 Å². The van der Waals surface area contributed by atoms with Gasteiger partial charge in [0, 0.05) is 11.8 Å². The minimum absolute atomic E-state index is 0.530. The van der Waals surface area contributed by atoms with Gasteiger partial charge in [-0.05, 0) is 19.3 Å². The fourth-order valence-electron chi connectivity index (χ4n) is 2.43. The van der Waals surface area contributed by atoms with Gasteiger partial charge in [0.25, 0.3) is 0 Å². The summed E-state index contributed by atoms with van der Waals surface area (Å²) in [6.07, 6.45) is 8.27. The molecule has 0 spiro atoms. The maximum Gasteiger partial charge on any atom is 0.157 e. The van der Waals surface area contributed by atoms with Crippen LogP contribution in [0.2, 0.25) is 0 Å². The van der Waals surface area contributed by atoms with Gasteiger partial charge < -0.3 is 10.1 Å². The van der Waals surface area contributed by atoms with Gasteiger partial charge in [0.05, 0.1) is 19.3 Å². The predicted octanol–water partition coefficient (Wildman–Crippen LogP) is 2.81. The molecule has 0 aromatic carbocycles. The third-order valence-electron chi connectivity index (χ3n) is 3.36. The van der Waals surface area contributed by atoms with Crippen LogP contribution in [0, 0.1) is 0 Å². The lowest BCUT2D eigenvalue weighted by Crippen LogP contribution is -2.25. The maximum absolute atomic E-state index is 5.81. The third kappa shape index (κ3) is 4.51. The number of amidine groups is 1. The molecule has 1 heterocycles. The van der Waals surface area contributed by atoms with E-state index in [1.54, 1.807) is 0 Å². The highest BCUT2D eigenvalue weighted by Crippen LogP contribution is 2.23. The molecule has 1 aliphatic carbocycles. The monoisotopic (exact) mass is 256 g/mol. The molecule has 0 radical (unpaired) electrons. The van der Waals surface area contributed by atoms with Crippen molar-refractivity contribution in [3.8, 4) is 0 Å². The molecular weight excluding hydrogens is 232 g/mol. The first-order chi connectivity index (χ1) is 8.38. The van der Waals surface area contributed by atoms with Gasteiger partial charge in [0.2, 0.25) is 0 Å². The van der Waals surface area contributed by atoms with Crippen LogP contribution in [0.5, 0.6) is 0 Å². The second kappa shape index (κ2) is 7.27. The predicted molar refractivity (Wildman–Crippen MR) is 74.8 cm³/mol. The van der Waals surface area contributed by atoms with Crippen LogP contribution in [0.25, 0.3) is 0 Å². The average Bonchev–Trinajstić information content (AvgIpc) is 2.96. The largest absolute Gasteiger partial charge is 0.376 e. The van der Waals surface area contributed by atoms with Crippen LogP contribution in [0.15, 0.2) is 4.99 Å². The van der Waals surface area contributed by atoms with Crippen LogP contribution in [0.3, 0.4) is 0 Å². The molecule has 98 valence electrons. The summed E-state index contributed by atoms with van der Waals surface area (Å²) in [7, 11) is 0. The quantitative estimate of drug-likeness (QED) is 0.742. The highest BCUT2D eigenvalue weighted by Gasteiger charge is 2.18. The van der Waals surface area contributed by atoms with Gasteiger partial charge in [-0.1, -0.05) is 37.9 Å². The standard InChI is InChI=1S/C13H24N2OS/c1-2-5-12-10-15-13(17-12)14-8-9-16-11-6-3-4-7-11/h11-12H,2-10H2,1H3,(H,14,15). The van der Waals surface area contributed by atoms with E-state index >= 15 is 0 Å². The number of nitrogens with zero attached hydrogens (tertiary/aromatic N) is 1. The summed E-state index contributed by atoms with van der Waals surface area (Å²) in [4.78, 5) is 4.52. The van der Waals surface area contributed by atoms with E-state index in [0.717, 1.165) is 24.9 Å². The Bertz CT molecular complexity index is 252. The molecule has 0 bridgehead atoms. The zero-order valence-corrected chi connectivity index (χ0v) is 11.6. The Labute approximate surface area is 109 Å². The van der Waals surface area contributed by atoms with Gasteiger partial charge in [0.15, 0.2) is 5.17 Å². The minimum Gasteiger partial charge on any atom is -0.376 e. The smallest absolute Gasteiger partial charge is 0.157 e. The molecule has 1 unspecified atom stereocenters. The number of hydrogen-bond acceptors (Lipinski definition) is 4. The van der Waals surface area contributed by atoms with E-state index in [2.05, 4.69) is 17.2 Å². The first-order valence-corrected chi connectivity index (χ1v) is 7.83. The Morgan fingerprint density at radius 3 is 3.00 bits per heavy atom. The fourth-order valence-corrected chi connectivity index (χ4v) is 3.58. The van der Waals surface area contributed by atoms with Crippen molar-refractivity contribution in [2.45, 2.75) is 56.8 Å². The van der Waals surface area contributed by atoms with Crippen molar-refractivity contribution >= 4 is 16.9 Å².